The highest BCUT2D eigenvalue weighted by Crippen LogP contribution is 2.24. The zero-order valence-electron chi connectivity index (χ0n) is 15.2. The molecule has 1 saturated heterocycles. The fourth-order valence-electron chi connectivity index (χ4n) is 2.70. The normalized spacial score (nSPS) is 16.1. The highest BCUT2D eigenvalue weighted by Gasteiger charge is 2.33. The second-order valence-corrected chi connectivity index (χ2v) is 6.21. The largest absolute Gasteiger partial charge is 0.494 e. The fraction of sp³-hybridized carbons (Fsp3) is 0.300. The molecule has 142 valence electrons. The molecule has 0 bridgehead atoms. The van der Waals surface area contributed by atoms with Crippen molar-refractivity contribution in [1.29, 1.82) is 5.41 Å². The number of nitrogen functional groups attached to an aromatic ring is 1. The summed E-state index contributed by atoms with van der Waals surface area (Å²) in [5, 5.41) is 7.52. The molecule has 0 aromatic heterocycles. The summed E-state index contributed by atoms with van der Waals surface area (Å²) in [6, 6.07) is 14.3. The van der Waals surface area contributed by atoms with E-state index in [2.05, 4.69) is 6.92 Å². The van der Waals surface area contributed by atoms with Crippen LogP contribution in [0.3, 0.4) is 0 Å². The van der Waals surface area contributed by atoms with Crippen LogP contribution in [0.1, 0.15) is 18.9 Å². The summed E-state index contributed by atoms with van der Waals surface area (Å²) in [6.07, 6.45) is 0.138. The number of nitrogens with two attached hydrogens (primary N) is 1. The second-order valence-electron chi connectivity index (χ2n) is 6.21. The van der Waals surface area contributed by atoms with E-state index in [0.717, 1.165) is 12.2 Å². The summed E-state index contributed by atoms with van der Waals surface area (Å²) in [5.74, 6) is 1.44. The van der Waals surface area contributed by atoms with E-state index in [1.165, 1.54) is 4.90 Å². The van der Waals surface area contributed by atoms with Crippen molar-refractivity contribution >= 4 is 17.6 Å². The van der Waals surface area contributed by atoms with Crippen molar-refractivity contribution in [3.63, 3.8) is 0 Å². The molecule has 3 rings (SSSR count). The first-order valence-corrected chi connectivity index (χ1v) is 8.85. The van der Waals surface area contributed by atoms with Crippen molar-refractivity contribution in [3.05, 3.63) is 54.1 Å². The van der Waals surface area contributed by atoms with Gasteiger partial charge in [-0.05, 0) is 42.8 Å². The van der Waals surface area contributed by atoms with E-state index in [1.54, 1.807) is 24.3 Å². The highest BCUT2D eigenvalue weighted by atomic mass is 16.6. The Labute approximate surface area is 158 Å². The number of hydrogen-bond acceptors (Lipinski definition) is 5. The molecule has 1 fully saturated rings. The number of nitrogens with zero attached hydrogens (tertiary/aromatic N) is 1. The smallest absolute Gasteiger partial charge is 0.414 e. The van der Waals surface area contributed by atoms with Crippen molar-refractivity contribution in [2.75, 3.05) is 24.7 Å². The Balaban J connectivity index is 1.56. The Bertz CT molecular complexity index is 807. The summed E-state index contributed by atoms with van der Waals surface area (Å²) >= 11 is 0. The topological polar surface area (TPSA) is 97.9 Å². The van der Waals surface area contributed by atoms with Gasteiger partial charge in [0.15, 0.2) is 6.10 Å². The first-order chi connectivity index (χ1) is 13.1. The Morgan fingerprint density at radius 2 is 1.93 bits per heavy atom. The molecule has 0 spiro atoms. The quantitative estimate of drug-likeness (QED) is 0.550. The van der Waals surface area contributed by atoms with Crippen molar-refractivity contribution in [3.8, 4) is 11.5 Å². The number of benzene rings is 2. The first kappa shape index (κ1) is 18.6. The lowest BCUT2D eigenvalue weighted by molar-refractivity contribution is 0.105. The maximum atomic E-state index is 12.2. The van der Waals surface area contributed by atoms with Crippen LogP contribution in [0.15, 0.2) is 48.5 Å². The number of amides is 1. The second kappa shape index (κ2) is 8.44. The molecule has 0 saturated carbocycles. The van der Waals surface area contributed by atoms with Crippen LogP contribution in [0.4, 0.5) is 10.5 Å². The van der Waals surface area contributed by atoms with Gasteiger partial charge < -0.3 is 19.9 Å². The van der Waals surface area contributed by atoms with E-state index in [4.69, 9.17) is 25.4 Å². The standard InChI is InChI=1S/C20H23N3O4/c1-2-10-25-16-6-8-17(9-7-16)26-13-18-12-23(20(24)27-18)15-5-3-4-14(11-15)19(21)22/h3-9,11,18H,2,10,12-13H2,1H3,(H3,21,22). The minimum atomic E-state index is -0.437. The molecule has 0 radical (unpaired) electrons. The number of hydrogen-bond donors (Lipinski definition) is 2. The van der Waals surface area contributed by atoms with Gasteiger partial charge in [0.2, 0.25) is 0 Å². The van der Waals surface area contributed by atoms with E-state index >= 15 is 0 Å². The van der Waals surface area contributed by atoms with Gasteiger partial charge in [0.1, 0.15) is 23.9 Å². The Kier molecular flexibility index (Phi) is 5.80. The zero-order chi connectivity index (χ0) is 19.2. The molecular weight excluding hydrogens is 346 g/mol. The van der Waals surface area contributed by atoms with E-state index in [-0.39, 0.29) is 18.5 Å². The van der Waals surface area contributed by atoms with Crippen LogP contribution in [-0.2, 0) is 4.74 Å². The van der Waals surface area contributed by atoms with E-state index in [1.807, 2.05) is 24.3 Å². The summed E-state index contributed by atoms with van der Waals surface area (Å²) in [4.78, 5) is 13.7. The van der Waals surface area contributed by atoms with E-state index in [0.29, 0.717) is 30.2 Å². The lowest BCUT2D eigenvalue weighted by Gasteiger charge is -2.14. The van der Waals surface area contributed by atoms with Gasteiger partial charge in [0.05, 0.1) is 13.2 Å². The molecule has 1 unspecified atom stereocenters. The molecule has 0 aliphatic carbocycles. The van der Waals surface area contributed by atoms with Gasteiger partial charge in [-0.15, -0.1) is 0 Å². The molecule has 7 heteroatoms. The molecule has 1 aliphatic heterocycles. The Morgan fingerprint density at radius 3 is 2.59 bits per heavy atom. The number of anilines is 1. The monoisotopic (exact) mass is 369 g/mol. The predicted molar refractivity (Wildman–Crippen MR) is 103 cm³/mol. The van der Waals surface area contributed by atoms with Crippen LogP contribution >= 0.6 is 0 Å². The van der Waals surface area contributed by atoms with E-state index < -0.39 is 6.09 Å². The molecule has 2 aromatic carbocycles. The van der Waals surface area contributed by atoms with Gasteiger partial charge in [0.25, 0.3) is 0 Å². The number of ether oxygens (including phenoxy) is 3. The molecule has 27 heavy (non-hydrogen) atoms. The molecule has 2 aromatic rings. The number of cyclic esters (lactones) is 1. The maximum Gasteiger partial charge on any atom is 0.414 e. The summed E-state index contributed by atoms with van der Waals surface area (Å²) < 4.78 is 16.6. The number of carbonyl (C=O) groups is 1. The SMILES string of the molecule is CCCOc1ccc(OCC2CN(c3cccc(C(=N)N)c3)C(=O)O2)cc1. The van der Waals surface area contributed by atoms with Crippen molar-refractivity contribution in [1.82, 2.24) is 0 Å². The maximum absolute atomic E-state index is 12.2. The van der Waals surface area contributed by atoms with Crippen LogP contribution in [0.2, 0.25) is 0 Å². The minimum absolute atomic E-state index is 0.0457. The average molecular weight is 369 g/mol. The van der Waals surface area contributed by atoms with Crippen molar-refractivity contribution in [2.24, 2.45) is 5.73 Å². The molecule has 7 nitrogen and oxygen atoms in total. The van der Waals surface area contributed by atoms with Crippen molar-refractivity contribution in [2.45, 2.75) is 19.4 Å². The number of carbonyl (C=O) groups excluding carboxylic acids is 1. The first-order valence-electron chi connectivity index (χ1n) is 8.85. The minimum Gasteiger partial charge on any atom is -0.494 e. The summed E-state index contributed by atoms with van der Waals surface area (Å²) in [6.45, 7) is 3.36. The van der Waals surface area contributed by atoms with E-state index in [9.17, 15) is 4.79 Å². The van der Waals surface area contributed by atoms with Crippen LogP contribution in [-0.4, -0.2) is 37.8 Å². The van der Waals surface area contributed by atoms with Crippen LogP contribution < -0.4 is 20.1 Å². The molecule has 1 aliphatic rings. The number of rotatable bonds is 8. The van der Waals surface area contributed by atoms with Gasteiger partial charge in [-0.3, -0.25) is 10.3 Å². The Hall–Kier alpha value is -3.22. The molecular formula is C20H23N3O4. The molecule has 1 amide bonds. The van der Waals surface area contributed by atoms with Gasteiger partial charge in [-0.2, -0.15) is 0 Å². The third kappa shape index (κ3) is 4.69. The van der Waals surface area contributed by atoms with Gasteiger partial charge >= 0.3 is 6.09 Å². The van der Waals surface area contributed by atoms with Crippen molar-refractivity contribution < 1.29 is 19.0 Å². The highest BCUT2D eigenvalue weighted by molar-refractivity contribution is 5.97. The van der Waals surface area contributed by atoms with Crippen LogP contribution in [0.25, 0.3) is 0 Å². The zero-order valence-corrected chi connectivity index (χ0v) is 15.2. The molecule has 1 heterocycles. The van der Waals surface area contributed by atoms with Gasteiger partial charge in [-0.25, -0.2) is 4.79 Å². The van der Waals surface area contributed by atoms with Gasteiger partial charge in [-0.1, -0.05) is 19.1 Å². The fourth-order valence-corrected chi connectivity index (χ4v) is 2.70. The third-order valence-corrected chi connectivity index (χ3v) is 4.08. The number of nitrogens with one attached hydrogen (secondary N) is 1. The lowest BCUT2D eigenvalue weighted by Crippen LogP contribution is -2.27. The van der Waals surface area contributed by atoms with Crippen LogP contribution in [0.5, 0.6) is 11.5 Å². The van der Waals surface area contributed by atoms with Crippen LogP contribution in [0, 0.1) is 5.41 Å². The average Bonchev–Trinajstić information content (AvgIpc) is 3.06. The van der Waals surface area contributed by atoms with Gasteiger partial charge in [0, 0.05) is 11.3 Å². The third-order valence-electron chi connectivity index (χ3n) is 4.08. The number of amidine groups is 1. The molecule has 3 N–H and O–H groups in total. The molecule has 1 atom stereocenters. The summed E-state index contributed by atoms with van der Waals surface area (Å²) in [7, 11) is 0. The lowest BCUT2D eigenvalue weighted by atomic mass is 10.1. The Morgan fingerprint density at radius 1 is 1.22 bits per heavy atom. The summed E-state index contributed by atoms with van der Waals surface area (Å²) in [5.41, 5.74) is 6.72. The predicted octanol–water partition coefficient (Wildman–Crippen LogP) is 3.16.